The lowest BCUT2D eigenvalue weighted by Gasteiger charge is -2.11. The van der Waals surface area contributed by atoms with Gasteiger partial charge in [-0.3, -0.25) is 14.6 Å². The summed E-state index contributed by atoms with van der Waals surface area (Å²) in [4.78, 5) is 28.2. The van der Waals surface area contributed by atoms with E-state index in [0.29, 0.717) is 5.69 Å². The number of hydrogen-bond acceptors (Lipinski definition) is 4. The first kappa shape index (κ1) is 19.8. The predicted octanol–water partition coefficient (Wildman–Crippen LogP) is 3.57. The minimum absolute atomic E-state index is 0.0958. The molecule has 1 aromatic heterocycles. The SMILES string of the molecule is O=C(NCc1ccc(OC(F)(F)F)c(F)c1)c1ccnc(CC(=O)C2CC2)c1. The second-order valence-electron chi connectivity index (χ2n) is 6.45. The number of rotatable bonds is 7. The average Bonchev–Trinajstić information content (AvgIpc) is 3.46. The number of carbonyl (C=O) groups excluding carboxylic acids is 2. The highest BCUT2D eigenvalue weighted by molar-refractivity contribution is 5.94. The third kappa shape index (κ3) is 5.51. The molecule has 0 radical (unpaired) electrons. The zero-order valence-corrected chi connectivity index (χ0v) is 14.6. The molecule has 0 unspecified atom stereocenters. The van der Waals surface area contributed by atoms with Crippen LogP contribution in [0.3, 0.4) is 0 Å². The first-order chi connectivity index (χ1) is 13.2. The third-order valence-electron chi connectivity index (χ3n) is 4.14. The maximum absolute atomic E-state index is 13.7. The smallest absolute Gasteiger partial charge is 0.403 e. The van der Waals surface area contributed by atoms with Crippen molar-refractivity contribution in [2.24, 2.45) is 5.92 Å². The maximum Gasteiger partial charge on any atom is 0.573 e. The number of halogens is 4. The number of Topliss-reactive ketones (excluding diaryl/α,β-unsaturated/α-hetero) is 1. The number of aromatic nitrogens is 1. The van der Waals surface area contributed by atoms with E-state index in [1.165, 1.54) is 24.4 Å². The third-order valence-corrected chi connectivity index (χ3v) is 4.14. The van der Waals surface area contributed by atoms with Gasteiger partial charge in [-0.2, -0.15) is 0 Å². The van der Waals surface area contributed by atoms with Crippen LogP contribution in [0.15, 0.2) is 36.5 Å². The van der Waals surface area contributed by atoms with E-state index >= 15 is 0 Å². The minimum Gasteiger partial charge on any atom is -0.403 e. The van der Waals surface area contributed by atoms with Gasteiger partial charge in [-0.15, -0.1) is 13.2 Å². The molecule has 0 aliphatic heterocycles. The Morgan fingerprint density at radius 3 is 2.57 bits per heavy atom. The number of hydrogen-bond donors (Lipinski definition) is 1. The second kappa shape index (κ2) is 7.95. The molecule has 1 heterocycles. The molecule has 1 aliphatic rings. The lowest BCUT2D eigenvalue weighted by atomic mass is 10.1. The molecule has 2 aromatic rings. The maximum atomic E-state index is 13.7. The summed E-state index contributed by atoms with van der Waals surface area (Å²) in [6.45, 7) is -0.0965. The molecule has 1 aromatic carbocycles. The van der Waals surface area contributed by atoms with Gasteiger partial charge >= 0.3 is 6.36 Å². The van der Waals surface area contributed by atoms with Gasteiger partial charge in [0.25, 0.3) is 5.91 Å². The van der Waals surface area contributed by atoms with Gasteiger partial charge in [0, 0.05) is 36.3 Å². The summed E-state index contributed by atoms with van der Waals surface area (Å²) in [6.07, 6.45) is -1.62. The van der Waals surface area contributed by atoms with Crippen LogP contribution < -0.4 is 10.1 Å². The molecule has 5 nitrogen and oxygen atoms in total. The van der Waals surface area contributed by atoms with Crippen LogP contribution in [-0.2, 0) is 17.8 Å². The van der Waals surface area contributed by atoms with Crippen molar-refractivity contribution in [2.45, 2.75) is 32.2 Å². The molecule has 1 amide bonds. The molecule has 1 aliphatic carbocycles. The van der Waals surface area contributed by atoms with Gasteiger partial charge in [0.15, 0.2) is 11.6 Å². The minimum atomic E-state index is -4.99. The lowest BCUT2D eigenvalue weighted by Crippen LogP contribution is -2.23. The zero-order valence-electron chi connectivity index (χ0n) is 14.6. The van der Waals surface area contributed by atoms with Gasteiger partial charge in [-0.05, 0) is 42.7 Å². The van der Waals surface area contributed by atoms with Crippen LogP contribution in [0.4, 0.5) is 17.6 Å². The Bertz CT molecular complexity index is 895. The molecule has 148 valence electrons. The topological polar surface area (TPSA) is 68.3 Å². The van der Waals surface area contributed by atoms with Crippen molar-refractivity contribution in [3.05, 3.63) is 59.2 Å². The zero-order chi connectivity index (χ0) is 20.3. The fraction of sp³-hybridized carbons (Fsp3) is 0.316. The molecular formula is C19H16F4N2O3. The molecule has 1 saturated carbocycles. The van der Waals surface area contributed by atoms with Crippen LogP contribution in [0.1, 0.15) is 34.5 Å². The number of carbonyl (C=O) groups is 2. The number of nitrogens with zero attached hydrogens (tertiary/aromatic N) is 1. The van der Waals surface area contributed by atoms with Crippen molar-refractivity contribution in [1.82, 2.24) is 10.3 Å². The summed E-state index contributed by atoms with van der Waals surface area (Å²) < 4.78 is 53.7. The van der Waals surface area contributed by atoms with Gasteiger partial charge in [0.2, 0.25) is 0 Å². The Hall–Kier alpha value is -2.97. The average molecular weight is 396 g/mol. The largest absolute Gasteiger partial charge is 0.573 e. The monoisotopic (exact) mass is 396 g/mol. The quantitative estimate of drug-likeness (QED) is 0.727. The van der Waals surface area contributed by atoms with E-state index < -0.39 is 23.8 Å². The predicted molar refractivity (Wildman–Crippen MR) is 89.9 cm³/mol. The number of amides is 1. The molecule has 28 heavy (non-hydrogen) atoms. The van der Waals surface area contributed by atoms with Gasteiger partial charge in [-0.25, -0.2) is 4.39 Å². The summed E-state index contributed by atoms with van der Waals surface area (Å²) in [5.74, 6) is -2.41. The van der Waals surface area contributed by atoms with E-state index in [0.717, 1.165) is 25.0 Å². The molecule has 0 saturated heterocycles. The van der Waals surface area contributed by atoms with Gasteiger partial charge in [0.05, 0.1) is 0 Å². The number of ether oxygens (including phenoxy) is 1. The van der Waals surface area contributed by atoms with Crippen LogP contribution in [0, 0.1) is 11.7 Å². The summed E-state index contributed by atoms with van der Waals surface area (Å²) in [5.41, 5.74) is 1.04. The standard InChI is InChI=1S/C19H16F4N2O3/c20-15-7-11(1-4-17(15)28-19(21,22)23)10-25-18(27)13-5-6-24-14(8-13)9-16(26)12-2-3-12/h1,4-8,12H,2-3,9-10H2,(H,25,27). The molecule has 0 spiro atoms. The highest BCUT2D eigenvalue weighted by atomic mass is 19.4. The van der Waals surface area contributed by atoms with E-state index in [1.807, 2.05) is 0 Å². The van der Waals surface area contributed by atoms with Crippen molar-refractivity contribution < 1.29 is 31.9 Å². The normalized spacial score (nSPS) is 13.9. The summed E-state index contributed by atoms with van der Waals surface area (Å²) >= 11 is 0. The Morgan fingerprint density at radius 2 is 1.93 bits per heavy atom. The van der Waals surface area contributed by atoms with Crippen molar-refractivity contribution in [3.8, 4) is 5.75 Å². The molecule has 3 rings (SSSR count). The van der Waals surface area contributed by atoms with Crippen LogP contribution >= 0.6 is 0 Å². The molecule has 0 bridgehead atoms. The molecule has 1 N–H and O–H groups in total. The Morgan fingerprint density at radius 1 is 1.18 bits per heavy atom. The van der Waals surface area contributed by atoms with E-state index in [4.69, 9.17) is 0 Å². The van der Waals surface area contributed by atoms with E-state index in [-0.39, 0.29) is 35.8 Å². The first-order valence-corrected chi connectivity index (χ1v) is 8.51. The van der Waals surface area contributed by atoms with Crippen LogP contribution in [0.5, 0.6) is 5.75 Å². The number of pyridine rings is 1. The number of ketones is 1. The fourth-order valence-corrected chi connectivity index (χ4v) is 2.59. The Labute approximate surface area is 157 Å². The number of alkyl halides is 3. The van der Waals surface area contributed by atoms with Crippen molar-refractivity contribution in [2.75, 3.05) is 0 Å². The summed E-state index contributed by atoms with van der Waals surface area (Å²) in [5, 5.41) is 2.54. The molecule has 0 atom stereocenters. The first-order valence-electron chi connectivity index (χ1n) is 8.51. The van der Waals surface area contributed by atoms with Crippen molar-refractivity contribution in [1.29, 1.82) is 0 Å². The van der Waals surface area contributed by atoms with Crippen LogP contribution in [0.25, 0.3) is 0 Å². The van der Waals surface area contributed by atoms with Crippen LogP contribution in [0.2, 0.25) is 0 Å². The van der Waals surface area contributed by atoms with Gasteiger partial charge in [0.1, 0.15) is 5.78 Å². The second-order valence-corrected chi connectivity index (χ2v) is 6.45. The highest BCUT2D eigenvalue weighted by Gasteiger charge is 2.32. The molecular weight excluding hydrogens is 380 g/mol. The number of nitrogens with one attached hydrogen (secondary N) is 1. The molecule has 1 fully saturated rings. The molecule has 9 heteroatoms. The van der Waals surface area contributed by atoms with Crippen LogP contribution in [-0.4, -0.2) is 23.0 Å². The Balaban J connectivity index is 1.59. The van der Waals surface area contributed by atoms with Crippen molar-refractivity contribution >= 4 is 11.7 Å². The fourth-order valence-electron chi connectivity index (χ4n) is 2.59. The van der Waals surface area contributed by atoms with E-state index in [1.54, 1.807) is 0 Å². The summed E-state index contributed by atoms with van der Waals surface area (Å²) in [7, 11) is 0. The van der Waals surface area contributed by atoms with Crippen molar-refractivity contribution in [3.63, 3.8) is 0 Å². The lowest BCUT2D eigenvalue weighted by molar-refractivity contribution is -0.275. The summed E-state index contributed by atoms with van der Waals surface area (Å²) in [6, 6.07) is 5.90. The van der Waals surface area contributed by atoms with Gasteiger partial charge < -0.3 is 10.1 Å². The van der Waals surface area contributed by atoms with Gasteiger partial charge in [-0.1, -0.05) is 6.07 Å². The van der Waals surface area contributed by atoms with E-state index in [2.05, 4.69) is 15.0 Å². The highest BCUT2D eigenvalue weighted by Crippen LogP contribution is 2.30. The van der Waals surface area contributed by atoms with E-state index in [9.17, 15) is 27.2 Å². The Kier molecular flexibility index (Phi) is 5.62. The number of benzene rings is 1.